The number of rotatable bonds is 6. The van der Waals surface area contributed by atoms with Gasteiger partial charge in [-0.2, -0.15) is 0 Å². The molecule has 1 atom stereocenters. The van der Waals surface area contributed by atoms with Crippen LogP contribution in [0.2, 0.25) is 6.55 Å². The van der Waals surface area contributed by atoms with E-state index >= 15 is 0 Å². The van der Waals surface area contributed by atoms with Gasteiger partial charge in [0.1, 0.15) is 8.96 Å². The van der Waals surface area contributed by atoms with Crippen molar-refractivity contribution in [1.29, 1.82) is 0 Å². The van der Waals surface area contributed by atoms with Gasteiger partial charge < -0.3 is 4.98 Å². The Kier molecular flexibility index (Phi) is 6.50. The number of hydrogen-bond acceptors (Lipinski definition) is 2. The molecule has 66 valence electrons. The Hall–Kier alpha value is -0.123. The highest BCUT2D eigenvalue weighted by atomic mass is 28.3. The predicted molar refractivity (Wildman–Crippen MR) is 54.1 cm³/mol. The third-order valence-electron chi connectivity index (χ3n) is 1.88. The molecule has 1 N–H and O–H groups in total. The molecule has 0 heterocycles. The summed E-state index contributed by atoms with van der Waals surface area (Å²) in [5.74, 6) is 0. The monoisotopic (exact) mass is 172 g/mol. The fourth-order valence-corrected chi connectivity index (χ4v) is 1.52. The van der Waals surface area contributed by atoms with Crippen molar-refractivity contribution in [3.63, 3.8) is 0 Å². The van der Waals surface area contributed by atoms with E-state index < -0.39 is 8.96 Å². The van der Waals surface area contributed by atoms with Crippen LogP contribution in [0.4, 0.5) is 0 Å². The Labute approximate surface area is 72.0 Å². The summed E-state index contributed by atoms with van der Waals surface area (Å²) < 4.78 is 0. The molecular formula is C8H20N2Si. The second kappa shape index (κ2) is 6.58. The molecule has 0 spiro atoms. The summed E-state index contributed by atoms with van der Waals surface area (Å²) in [6.07, 6.45) is 0. The highest BCUT2D eigenvalue weighted by molar-refractivity contribution is 6.60. The first kappa shape index (κ1) is 10.9. The Morgan fingerprint density at radius 1 is 1.45 bits per heavy atom. The number of nitrogens with zero attached hydrogens (tertiary/aromatic N) is 1. The molecule has 3 heteroatoms. The van der Waals surface area contributed by atoms with Gasteiger partial charge in [-0.15, -0.1) is 6.58 Å². The van der Waals surface area contributed by atoms with Gasteiger partial charge in [-0.25, -0.2) is 0 Å². The Morgan fingerprint density at radius 2 is 2.00 bits per heavy atom. The van der Waals surface area contributed by atoms with E-state index in [1.54, 1.807) is 0 Å². The fourth-order valence-electron chi connectivity index (χ4n) is 0.804. The number of hydrogen-bond donors (Lipinski definition) is 1. The molecular weight excluding hydrogens is 152 g/mol. The molecule has 0 aromatic rings. The van der Waals surface area contributed by atoms with Crippen molar-refractivity contribution in [3.05, 3.63) is 12.3 Å². The Bertz CT molecular complexity index is 102. The topological polar surface area (TPSA) is 15.3 Å². The second-order valence-electron chi connectivity index (χ2n) is 2.69. The Morgan fingerprint density at radius 3 is 2.36 bits per heavy atom. The van der Waals surface area contributed by atoms with Crippen LogP contribution in [-0.2, 0) is 0 Å². The zero-order valence-electron chi connectivity index (χ0n) is 7.93. The maximum Gasteiger partial charge on any atom is 0.130 e. The third-order valence-corrected chi connectivity index (χ3v) is 3.42. The smallest absolute Gasteiger partial charge is 0.130 e. The lowest BCUT2D eigenvalue weighted by molar-refractivity contribution is 0.300. The summed E-state index contributed by atoms with van der Waals surface area (Å²) in [5.41, 5.74) is 2.06. The van der Waals surface area contributed by atoms with Crippen molar-refractivity contribution in [2.24, 2.45) is 0 Å². The molecule has 0 saturated heterocycles. The first-order valence-corrected chi connectivity index (χ1v) is 6.72. The van der Waals surface area contributed by atoms with Crippen molar-refractivity contribution >= 4 is 8.96 Å². The van der Waals surface area contributed by atoms with E-state index in [2.05, 4.69) is 42.6 Å². The molecule has 0 aliphatic rings. The largest absolute Gasteiger partial charge is 0.324 e. The lowest BCUT2D eigenvalue weighted by atomic mass is 10.6. The zero-order chi connectivity index (χ0) is 8.69. The van der Waals surface area contributed by atoms with Crippen LogP contribution in [0.15, 0.2) is 12.3 Å². The molecule has 11 heavy (non-hydrogen) atoms. The summed E-state index contributed by atoms with van der Waals surface area (Å²) in [5, 5.41) is 0. The summed E-state index contributed by atoms with van der Waals surface area (Å²) in [6, 6.07) is 0. The molecule has 0 rings (SSSR count). The molecule has 0 aromatic heterocycles. The lowest BCUT2D eigenvalue weighted by Crippen LogP contribution is -2.40. The molecule has 0 amide bonds. The fraction of sp³-hybridized carbons (Fsp3) is 0.750. The van der Waals surface area contributed by atoms with E-state index in [-0.39, 0.29) is 0 Å². The molecule has 1 unspecified atom stereocenters. The summed E-state index contributed by atoms with van der Waals surface area (Å²) >= 11 is 0. The normalized spacial score (nSPS) is 13.5. The van der Waals surface area contributed by atoms with Crippen LogP contribution in [0, 0.1) is 0 Å². The second-order valence-corrected chi connectivity index (χ2v) is 5.15. The molecule has 0 aromatic carbocycles. The van der Waals surface area contributed by atoms with Gasteiger partial charge in [0.05, 0.1) is 0 Å². The van der Waals surface area contributed by atoms with Crippen LogP contribution in [0.3, 0.4) is 0 Å². The van der Waals surface area contributed by atoms with Crippen LogP contribution < -0.4 is 4.98 Å². The van der Waals surface area contributed by atoms with Gasteiger partial charge in [0.25, 0.3) is 0 Å². The first-order valence-electron chi connectivity index (χ1n) is 4.32. The molecule has 0 fully saturated rings. The zero-order valence-corrected chi connectivity index (χ0v) is 9.09. The third kappa shape index (κ3) is 5.18. The van der Waals surface area contributed by atoms with Gasteiger partial charge >= 0.3 is 0 Å². The average Bonchev–Trinajstić information content (AvgIpc) is 2.06. The van der Waals surface area contributed by atoms with Gasteiger partial charge in [0, 0.05) is 6.67 Å². The van der Waals surface area contributed by atoms with E-state index in [4.69, 9.17) is 0 Å². The summed E-state index contributed by atoms with van der Waals surface area (Å²) in [6.45, 7) is 13.7. The van der Waals surface area contributed by atoms with Gasteiger partial charge in [0.15, 0.2) is 0 Å². The predicted octanol–water partition coefficient (Wildman–Crippen LogP) is 0.954. The first-order chi connectivity index (χ1) is 5.24. The minimum Gasteiger partial charge on any atom is -0.324 e. The van der Waals surface area contributed by atoms with E-state index in [9.17, 15) is 0 Å². The molecule has 0 aliphatic carbocycles. The number of nitrogens with one attached hydrogen (secondary N) is 1. The minimum atomic E-state index is -0.793. The minimum absolute atomic E-state index is 0.793. The van der Waals surface area contributed by atoms with Crippen molar-refractivity contribution in [2.75, 3.05) is 19.8 Å². The molecule has 2 nitrogen and oxygen atoms in total. The van der Waals surface area contributed by atoms with Crippen molar-refractivity contribution in [3.8, 4) is 0 Å². The van der Waals surface area contributed by atoms with Gasteiger partial charge in [0.2, 0.25) is 0 Å². The van der Waals surface area contributed by atoms with Crippen LogP contribution >= 0.6 is 0 Å². The molecule has 0 saturated carbocycles. The summed E-state index contributed by atoms with van der Waals surface area (Å²) in [4.78, 5) is 5.85. The van der Waals surface area contributed by atoms with E-state index in [1.807, 2.05) is 0 Å². The SMILES string of the molecule is C=C[SiH](C)NCN(CC)CC. The maximum atomic E-state index is 3.77. The van der Waals surface area contributed by atoms with Gasteiger partial charge in [-0.1, -0.05) is 26.1 Å². The lowest BCUT2D eigenvalue weighted by Gasteiger charge is -2.19. The van der Waals surface area contributed by atoms with Crippen molar-refractivity contribution in [1.82, 2.24) is 9.88 Å². The van der Waals surface area contributed by atoms with Crippen LogP contribution in [0.25, 0.3) is 0 Å². The van der Waals surface area contributed by atoms with E-state index in [0.717, 1.165) is 19.8 Å². The average molecular weight is 172 g/mol. The van der Waals surface area contributed by atoms with Gasteiger partial charge in [-0.3, -0.25) is 4.90 Å². The van der Waals surface area contributed by atoms with Crippen LogP contribution in [-0.4, -0.2) is 33.6 Å². The summed E-state index contributed by atoms with van der Waals surface area (Å²) in [7, 11) is -0.793. The molecule has 0 bridgehead atoms. The van der Waals surface area contributed by atoms with Crippen LogP contribution in [0.1, 0.15) is 13.8 Å². The molecule has 0 aliphatic heterocycles. The molecule has 0 radical (unpaired) electrons. The van der Waals surface area contributed by atoms with Gasteiger partial charge in [-0.05, 0) is 13.1 Å². The van der Waals surface area contributed by atoms with Crippen molar-refractivity contribution in [2.45, 2.75) is 20.4 Å². The van der Waals surface area contributed by atoms with E-state index in [0.29, 0.717) is 0 Å². The quantitative estimate of drug-likeness (QED) is 0.474. The maximum absolute atomic E-state index is 3.77. The highest BCUT2D eigenvalue weighted by Crippen LogP contribution is 1.84. The van der Waals surface area contributed by atoms with E-state index in [1.165, 1.54) is 0 Å². The Balaban J connectivity index is 3.41. The standard InChI is InChI=1S/C8H20N2Si/c1-5-10(6-2)8-9-11(4)7-3/h7,9,11H,3,5-6,8H2,1-2,4H3. The van der Waals surface area contributed by atoms with Crippen LogP contribution in [0.5, 0.6) is 0 Å². The highest BCUT2D eigenvalue weighted by Gasteiger charge is 2.00. The van der Waals surface area contributed by atoms with Crippen molar-refractivity contribution < 1.29 is 0 Å².